The van der Waals surface area contributed by atoms with Crippen molar-refractivity contribution < 1.29 is 22.8 Å². The fourth-order valence-electron chi connectivity index (χ4n) is 3.29. The maximum absolute atomic E-state index is 12.8. The third kappa shape index (κ3) is 5.56. The van der Waals surface area contributed by atoms with E-state index in [4.69, 9.17) is 0 Å². The van der Waals surface area contributed by atoms with Crippen molar-refractivity contribution in [3.05, 3.63) is 94.6 Å². The molecular formula is C24H16N6O5S3. The molecule has 0 spiro atoms. The quantitative estimate of drug-likeness (QED) is 0.272. The molecule has 2 aromatic carbocycles. The lowest BCUT2D eigenvalue weighted by Gasteiger charge is -2.13. The molecule has 4 aromatic rings. The fraction of sp³-hybridized carbons (Fsp3) is 0. The predicted molar refractivity (Wildman–Crippen MR) is 143 cm³/mol. The van der Waals surface area contributed by atoms with Gasteiger partial charge in [0.15, 0.2) is 15.9 Å². The SMILES string of the molecule is O=C1C=C(c2nnc(NC(=O)c3ccccc3)s2)C(=O)C=C1Nc1ccc(S(=O)(=O)Nc2nccs2)cc1. The summed E-state index contributed by atoms with van der Waals surface area (Å²) < 4.78 is 27.3. The van der Waals surface area contributed by atoms with E-state index in [2.05, 4.69) is 30.5 Å². The van der Waals surface area contributed by atoms with E-state index in [-0.39, 0.29) is 37.3 Å². The van der Waals surface area contributed by atoms with Gasteiger partial charge in [-0.05, 0) is 36.4 Å². The average molecular weight is 565 g/mol. The Bertz CT molecular complexity index is 1690. The van der Waals surface area contributed by atoms with Gasteiger partial charge in [0.25, 0.3) is 15.9 Å². The second kappa shape index (κ2) is 10.5. The van der Waals surface area contributed by atoms with Crippen molar-refractivity contribution in [2.24, 2.45) is 0 Å². The number of nitrogens with zero attached hydrogens (tertiary/aromatic N) is 3. The third-order valence-electron chi connectivity index (χ3n) is 5.09. The molecule has 1 amide bonds. The van der Waals surface area contributed by atoms with Gasteiger partial charge >= 0.3 is 0 Å². The smallest absolute Gasteiger partial charge is 0.263 e. The molecule has 1 aliphatic rings. The van der Waals surface area contributed by atoms with Crippen LogP contribution >= 0.6 is 22.7 Å². The van der Waals surface area contributed by atoms with Gasteiger partial charge in [0.2, 0.25) is 10.9 Å². The second-order valence-corrected chi connectivity index (χ2v) is 11.2. The minimum absolute atomic E-state index is 0.00638. The molecule has 2 heterocycles. The Hall–Kier alpha value is -4.53. The van der Waals surface area contributed by atoms with E-state index in [9.17, 15) is 22.8 Å². The summed E-state index contributed by atoms with van der Waals surface area (Å²) in [7, 11) is -3.83. The molecule has 0 saturated heterocycles. The lowest BCUT2D eigenvalue weighted by atomic mass is 10.0. The van der Waals surface area contributed by atoms with Crippen molar-refractivity contribution in [1.82, 2.24) is 15.2 Å². The molecule has 11 nitrogen and oxygen atoms in total. The van der Waals surface area contributed by atoms with Crippen LogP contribution in [-0.2, 0) is 19.6 Å². The van der Waals surface area contributed by atoms with Gasteiger partial charge in [-0.25, -0.2) is 13.4 Å². The normalized spacial score (nSPS) is 13.5. The zero-order valence-corrected chi connectivity index (χ0v) is 21.6. The summed E-state index contributed by atoms with van der Waals surface area (Å²) in [6.45, 7) is 0. The van der Waals surface area contributed by atoms with Gasteiger partial charge in [0.05, 0.1) is 16.2 Å². The van der Waals surface area contributed by atoms with Crippen molar-refractivity contribution >= 4 is 71.7 Å². The van der Waals surface area contributed by atoms with Crippen LogP contribution in [0.1, 0.15) is 15.4 Å². The third-order valence-corrected chi connectivity index (χ3v) is 8.14. The highest BCUT2D eigenvalue weighted by molar-refractivity contribution is 7.93. The first kappa shape index (κ1) is 25.1. The minimum atomic E-state index is -3.83. The van der Waals surface area contributed by atoms with Crippen LogP contribution in [0.5, 0.6) is 0 Å². The summed E-state index contributed by atoms with van der Waals surface area (Å²) in [4.78, 5) is 41.7. The van der Waals surface area contributed by atoms with Crippen molar-refractivity contribution in [3.63, 3.8) is 0 Å². The summed E-state index contributed by atoms with van der Waals surface area (Å²) in [5.41, 5.74) is 0.905. The number of carbonyl (C=O) groups excluding carboxylic acids is 3. The van der Waals surface area contributed by atoms with Crippen LogP contribution in [0.15, 0.2) is 88.9 Å². The number of ketones is 2. The van der Waals surface area contributed by atoms with Crippen LogP contribution in [-0.4, -0.2) is 41.1 Å². The zero-order valence-electron chi connectivity index (χ0n) is 19.1. The van der Waals surface area contributed by atoms with Crippen molar-refractivity contribution in [2.45, 2.75) is 4.90 Å². The number of thiazole rings is 1. The number of anilines is 3. The number of rotatable bonds is 8. The van der Waals surface area contributed by atoms with Crippen LogP contribution in [0, 0.1) is 0 Å². The molecule has 0 radical (unpaired) electrons. The maximum Gasteiger partial charge on any atom is 0.263 e. The minimum Gasteiger partial charge on any atom is -0.352 e. The number of amides is 1. The molecule has 0 atom stereocenters. The van der Waals surface area contributed by atoms with E-state index >= 15 is 0 Å². The number of sulfonamides is 1. The molecule has 0 unspecified atom stereocenters. The van der Waals surface area contributed by atoms with Crippen LogP contribution in [0.4, 0.5) is 16.0 Å². The van der Waals surface area contributed by atoms with Gasteiger partial charge < -0.3 is 5.32 Å². The molecule has 5 rings (SSSR count). The van der Waals surface area contributed by atoms with Gasteiger partial charge in [0, 0.05) is 35.0 Å². The molecule has 3 N–H and O–H groups in total. The molecule has 0 bridgehead atoms. The summed E-state index contributed by atoms with van der Waals surface area (Å²) in [5.74, 6) is -1.33. The molecule has 2 aromatic heterocycles. The van der Waals surface area contributed by atoms with Crippen LogP contribution in [0.3, 0.4) is 0 Å². The van der Waals surface area contributed by atoms with Crippen LogP contribution in [0.2, 0.25) is 0 Å². The number of aromatic nitrogens is 3. The Balaban J connectivity index is 1.25. The maximum atomic E-state index is 12.8. The van der Waals surface area contributed by atoms with Gasteiger partial charge in [-0.2, -0.15) is 0 Å². The van der Waals surface area contributed by atoms with E-state index in [1.807, 2.05) is 0 Å². The van der Waals surface area contributed by atoms with E-state index < -0.39 is 21.6 Å². The van der Waals surface area contributed by atoms with E-state index in [0.717, 1.165) is 34.8 Å². The molecule has 190 valence electrons. The van der Waals surface area contributed by atoms with Gasteiger partial charge in [0.1, 0.15) is 0 Å². The lowest BCUT2D eigenvalue weighted by molar-refractivity contribution is -0.113. The molecular weight excluding hydrogens is 549 g/mol. The number of hydrogen-bond donors (Lipinski definition) is 3. The Labute approximate surface area is 224 Å². The number of hydrogen-bond acceptors (Lipinski definition) is 11. The molecule has 0 aliphatic heterocycles. The largest absolute Gasteiger partial charge is 0.352 e. The highest BCUT2D eigenvalue weighted by atomic mass is 32.2. The molecule has 0 saturated carbocycles. The number of benzene rings is 2. The summed E-state index contributed by atoms with van der Waals surface area (Å²) in [5, 5.41) is 15.5. The van der Waals surface area contributed by atoms with Gasteiger partial charge in [-0.3, -0.25) is 24.4 Å². The first-order valence-electron chi connectivity index (χ1n) is 10.8. The fourth-order valence-corrected chi connectivity index (χ4v) is 5.84. The van der Waals surface area contributed by atoms with Crippen molar-refractivity contribution in [1.29, 1.82) is 0 Å². The predicted octanol–water partition coefficient (Wildman–Crippen LogP) is 3.58. The Kier molecular flexibility index (Phi) is 6.91. The number of nitrogens with one attached hydrogen (secondary N) is 3. The molecule has 38 heavy (non-hydrogen) atoms. The van der Waals surface area contributed by atoms with E-state index in [0.29, 0.717) is 11.3 Å². The summed E-state index contributed by atoms with van der Waals surface area (Å²) in [6, 6.07) is 14.2. The van der Waals surface area contributed by atoms with E-state index in [1.165, 1.54) is 30.5 Å². The number of carbonyl (C=O) groups is 3. The van der Waals surface area contributed by atoms with Crippen molar-refractivity contribution in [3.8, 4) is 0 Å². The summed E-state index contributed by atoms with van der Waals surface area (Å²) >= 11 is 2.12. The number of allylic oxidation sites excluding steroid dienone is 3. The van der Waals surface area contributed by atoms with Gasteiger partial charge in [-0.1, -0.05) is 29.5 Å². The zero-order chi connectivity index (χ0) is 26.7. The highest BCUT2D eigenvalue weighted by Crippen LogP contribution is 2.28. The standard InChI is InChI=1S/C24H16N6O5S3/c31-19-13-18(26-15-6-8-16(9-7-15)38(34,35)30-23-25-10-11-36-23)20(32)12-17(19)22-28-29-24(37-22)27-21(33)14-4-2-1-3-5-14/h1-13,26H,(H,25,30)(H,27,29,33). The summed E-state index contributed by atoms with van der Waals surface area (Å²) in [6.07, 6.45) is 3.76. The average Bonchev–Trinajstić information content (AvgIpc) is 3.59. The molecule has 14 heteroatoms. The van der Waals surface area contributed by atoms with E-state index in [1.54, 1.807) is 35.7 Å². The van der Waals surface area contributed by atoms with Gasteiger partial charge in [-0.15, -0.1) is 21.5 Å². The second-order valence-electron chi connectivity index (χ2n) is 7.67. The van der Waals surface area contributed by atoms with Crippen molar-refractivity contribution in [2.75, 3.05) is 15.4 Å². The highest BCUT2D eigenvalue weighted by Gasteiger charge is 2.25. The Morgan fingerprint density at radius 1 is 0.868 bits per heavy atom. The van der Waals surface area contributed by atoms with Crippen LogP contribution < -0.4 is 15.4 Å². The topological polar surface area (TPSA) is 160 Å². The van der Waals surface area contributed by atoms with Crippen LogP contribution in [0.25, 0.3) is 5.57 Å². The molecule has 0 fully saturated rings. The lowest BCUT2D eigenvalue weighted by Crippen LogP contribution is -2.18. The molecule has 1 aliphatic carbocycles. The monoisotopic (exact) mass is 564 g/mol. The first-order valence-corrected chi connectivity index (χ1v) is 14.0. The Morgan fingerprint density at radius 3 is 2.34 bits per heavy atom. The first-order chi connectivity index (χ1) is 18.3. The Morgan fingerprint density at radius 2 is 1.63 bits per heavy atom.